The molecular weight excluding hydrogens is 148 g/mol. The van der Waals surface area contributed by atoms with Gasteiger partial charge >= 0.3 is 0 Å². The largest absolute Gasteiger partial charge is 0.0693 e. The van der Waals surface area contributed by atoms with E-state index in [0.29, 0.717) is 0 Å². The lowest BCUT2D eigenvalue weighted by Gasteiger charge is -2.26. The summed E-state index contributed by atoms with van der Waals surface area (Å²) in [6, 6.07) is 0. The zero-order chi connectivity index (χ0) is 15.2. The van der Waals surface area contributed by atoms with E-state index in [9.17, 15) is 0 Å². The van der Waals surface area contributed by atoms with Crippen LogP contribution >= 0.6 is 0 Å². The summed E-state index contributed by atoms with van der Waals surface area (Å²) in [5.41, 5.74) is 0. The van der Waals surface area contributed by atoms with Gasteiger partial charge in [0.05, 0.1) is 0 Å². The van der Waals surface area contributed by atoms with Crippen LogP contribution in [0.4, 0.5) is 0 Å². The summed E-state index contributed by atoms with van der Waals surface area (Å²) in [7, 11) is -3.87. The number of hydrogen-bond donors (Lipinski definition) is 0. The Morgan fingerprint density at radius 2 is 1.55 bits per heavy atom. The van der Waals surface area contributed by atoms with Gasteiger partial charge in [-0.2, -0.15) is 0 Å². The zero-order valence-corrected chi connectivity index (χ0v) is 9.15. The molecular formula is C10H24Si. The molecule has 0 fully saturated rings. The Hall–Kier alpha value is 0.217. The van der Waals surface area contributed by atoms with Crippen molar-refractivity contribution in [3.63, 3.8) is 0 Å². The third kappa shape index (κ3) is 6.61. The molecule has 0 nitrogen and oxygen atoms in total. The summed E-state index contributed by atoms with van der Waals surface area (Å²) in [6.07, 6.45) is 0. The molecule has 0 amide bonds. The molecule has 0 unspecified atom stereocenters. The number of rotatable bonds is 4. The van der Waals surface area contributed by atoms with Gasteiger partial charge in [0.2, 0.25) is 0 Å². The van der Waals surface area contributed by atoms with Crippen molar-refractivity contribution in [3.8, 4) is 0 Å². The van der Waals surface area contributed by atoms with E-state index < -0.39 is 38.4 Å². The summed E-state index contributed by atoms with van der Waals surface area (Å²) in [5.74, 6) is -5.04. The summed E-state index contributed by atoms with van der Waals surface area (Å²) in [6.45, 7) is 5.25. The van der Waals surface area contributed by atoms with E-state index in [2.05, 4.69) is 0 Å². The van der Waals surface area contributed by atoms with Crippen LogP contribution in [0.15, 0.2) is 0 Å². The van der Waals surface area contributed by atoms with Crippen LogP contribution in [0.25, 0.3) is 0 Å². The minimum absolute atomic E-state index is 0.525. The second-order valence-electron chi connectivity index (χ2n) is 3.72. The van der Waals surface area contributed by atoms with E-state index in [1.165, 1.54) is 6.55 Å². The van der Waals surface area contributed by atoms with Crippen LogP contribution in [-0.2, 0) is 0 Å². The molecule has 1 heteroatoms. The first-order valence-electron chi connectivity index (χ1n) is 7.64. The molecule has 0 aromatic heterocycles. The predicted octanol–water partition coefficient (Wildman–Crippen LogP) is 4.01. The second kappa shape index (κ2) is 4.29. The highest BCUT2D eigenvalue weighted by atomic mass is 28.3. The summed E-state index contributed by atoms with van der Waals surface area (Å²) in [4.78, 5) is 0. The summed E-state index contributed by atoms with van der Waals surface area (Å²) in [5, 5.41) is 0. The van der Waals surface area contributed by atoms with Crippen LogP contribution in [0.5, 0.6) is 0 Å². The Balaban J connectivity index is 6.09. The molecule has 0 atom stereocenters. The van der Waals surface area contributed by atoms with E-state index in [1.54, 1.807) is 27.7 Å². The standard InChI is InChI=1S/C10H24Si/c1-9(2)7-11(5,6)8-10(3)4/h9-10H,7-8H2,1-6H3/i5D3,7D2,8D2. The van der Waals surface area contributed by atoms with Crippen molar-refractivity contribution in [3.05, 3.63) is 0 Å². The van der Waals surface area contributed by atoms with Crippen molar-refractivity contribution in [2.75, 3.05) is 0 Å². The molecule has 0 radical (unpaired) electrons. The van der Waals surface area contributed by atoms with Gasteiger partial charge in [0, 0.05) is 17.7 Å². The molecule has 0 aromatic carbocycles. The highest BCUT2D eigenvalue weighted by molar-refractivity contribution is 6.77. The van der Waals surface area contributed by atoms with Gasteiger partial charge in [-0.15, -0.1) is 0 Å². The minimum atomic E-state index is -3.87. The normalized spacial score (nSPS) is 26.3. The Morgan fingerprint density at radius 3 is 1.73 bits per heavy atom. The Bertz CT molecular complexity index is 273. The molecule has 0 heterocycles. The fourth-order valence-electron chi connectivity index (χ4n) is 1.20. The smallest absolute Gasteiger partial charge is 0.0478 e. The Morgan fingerprint density at radius 1 is 1.18 bits per heavy atom. The van der Waals surface area contributed by atoms with E-state index in [0.717, 1.165) is 0 Å². The molecule has 11 heavy (non-hydrogen) atoms. The molecule has 0 aliphatic rings. The van der Waals surface area contributed by atoms with Gasteiger partial charge in [0.25, 0.3) is 0 Å². The molecule has 0 N–H and O–H groups in total. The fraction of sp³-hybridized carbons (Fsp3) is 1.00. The van der Waals surface area contributed by atoms with Crippen molar-refractivity contribution in [1.29, 1.82) is 0 Å². The topological polar surface area (TPSA) is 0 Å². The first-order chi connectivity index (χ1) is 7.64. The van der Waals surface area contributed by atoms with Crippen molar-refractivity contribution in [2.24, 2.45) is 11.8 Å². The highest BCUT2D eigenvalue weighted by Crippen LogP contribution is 2.24. The van der Waals surface area contributed by atoms with Gasteiger partial charge < -0.3 is 0 Å². The average molecular weight is 179 g/mol. The molecule has 0 saturated heterocycles. The molecule has 0 aliphatic heterocycles. The SMILES string of the molecule is [2H]C([2H])([2H])[Si](C)(C([2H])([2H])C(C)C)C([2H])([2H])C(C)C. The number of hydrogen-bond acceptors (Lipinski definition) is 0. The molecule has 0 spiro atoms. The summed E-state index contributed by atoms with van der Waals surface area (Å²) < 4.78 is 55.8. The van der Waals surface area contributed by atoms with Gasteiger partial charge in [0.15, 0.2) is 0 Å². The average Bonchev–Trinajstić information content (AvgIpc) is 2.13. The van der Waals surface area contributed by atoms with Crippen LogP contribution in [0, 0.1) is 11.8 Å². The lowest BCUT2D eigenvalue weighted by atomic mass is 10.3. The maximum absolute atomic E-state index is 8.17. The van der Waals surface area contributed by atoms with Gasteiger partial charge in [-0.1, -0.05) is 52.7 Å². The van der Waals surface area contributed by atoms with Gasteiger partial charge in [-0.05, 0) is 11.8 Å². The molecule has 0 bridgehead atoms. The molecule has 68 valence electrons. The van der Waals surface area contributed by atoms with E-state index in [4.69, 9.17) is 9.60 Å². The van der Waals surface area contributed by atoms with E-state index >= 15 is 0 Å². The van der Waals surface area contributed by atoms with Crippen LogP contribution < -0.4 is 0 Å². The maximum Gasteiger partial charge on any atom is 0.0478 e. The zero-order valence-electron chi connectivity index (χ0n) is 15.2. The van der Waals surface area contributed by atoms with E-state index in [1.807, 2.05) is 0 Å². The fourth-order valence-corrected chi connectivity index (χ4v) is 3.59. The van der Waals surface area contributed by atoms with Gasteiger partial charge in [-0.25, -0.2) is 0 Å². The van der Waals surface area contributed by atoms with E-state index in [-0.39, 0.29) is 0 Å². The van der Waals surface area contributed by atoms with Crippen molar-refractivity contribution >= 4 is 8.07 Å². The van der Waals surface area contributed by atoms with Gasteiger partial charge in [0.1, 0.15) is 0 Å². The minimum Gasteiger partial charge on any atom is -0.0693 e. The first kappa shape index (κ1) is 3.95. The monoisotopic (exact) mass is 179 g/mol. The molecule has 0 aromatic rings. The lowest BCUT2D eigenvalue weighted by molar-refractivity contribution is 0.681. The van der Waals surface area contributed by atoms with Crippen molar-refractivity contribution in [2.45, 2.75) is 52.7 Å². The predicted molar refractivity (Wildman–Crippen MR) is 56.8 cm³/mol. The summed E-state index contributed by atoms with van der Waals surface area (Å²) >= 11 is 0. The van der Waals surface area contributed by atoms with Gasteiger partial charge in [-0.3, -0.25) is 0 Å². The molecule has 0 saturated carbocycles. The van der Waals surface area contributed by atoms with Crippen LogP contribution in [0.2, 0.25) is 25.0 Å². The maximum atomic E-state index is 8.17. The second-order valence-corrected chi connectivity index (χ2v) is 6.55. The lowest BCUT2D eigenvalue weighted by Crippen LogP contribution is -2.28. The Kier molecular flexibility index (Phi) is 1.54. The third-order valence-electron chi connectivity index (χ3n) is 1.15. The van der Waals surface area contributed by atoms with Crippen molar-refractivity contribution in [1.82, 2.24) is 0 Å². The van der Waals surface area contributed by atoms with Crippen LogP contribution in [0.1, 0.15) is 37.3 Å². The molecule has 0 aliphatic carbocycles. The van der Waals surface area contributed by atoms with Crippen LogP contribution in [0.3, 0.4) is 0 Å². The quantitative estimate of drug-likeness (QED) is 0.572. The van der Waals surface area contributed by atoms with Crippen LogP contribution in [-0.4, -0.2) is 8.07 Å². The first-order valence-corrected chi connectivity index (χ1v) is 6.64. The third-order valence-corrected chi connectivity index (χ3v) is 3.46. The molecule has 0 rings (SSSR count). The highest BCUT2D eigenvalue weighted by Gasteiger charge is 2.22. The Labute approximate surface area is 83.2 Å². The van der Waals surface area contributed by atoms with Crippen molar-refractivity contribution < 1.29 is 9.60 Å².